The fraction of sp³-hybridized carbons (Fsp3) is 0.556. The van der Waals surface area contributed by atoms with E-state index in [9.17, 15) is 14.0 Å². The number of hydrogen-bond acceptors (Lipinski definition) is 4. The van der Waals surface area contributed by atoms with E-state index in [-0.39, 0.29) is 30.9 Å². The van der Waals surface area contributed by atoms with Crippen LogP contribution in [0.1, 0.15) is 26.3 Å². The SMILES string of the molecule is CC(C)(C)OC(=O)N1CCN(CC(=O)NCc2ccccc2F)CC1. The van der Waals surface area contributed by atoms with E-state index in [0.29, 0.717) is 31.7 Å². The van der Waals surface area contributed by atoms with Gasteiger partial charge in [0.05, 0.1) is 6.54 Å². The van der Waals surface area contributed by atoms with Gasteiger partial charge in [-0.25, -0.2) is 9.18 Å². The van der Waals surface area contributed by atoms with Crippen LogP contribution in [-0.2, 0) is 16.1 Å². The molecule has 1 fully saturated rings. The molecule has 0 aliphatic carbocycles. The van der Waals surface area contributed by atoms with Crippen LogP contribution in [0.25, 0.3) is 0 Å². The third kappa shape index (κ3) is 6.34. The van der Waals surface area contributed by atoms with Crippen LogP contribution in [0.5, 0.6) is 0 Å². The van der Waals surface area contributed by atoms with Crippen molar-refractivity contribution in [3.8, 4) is 0 Å². The highest BCUT2D eigenvalue weighted by Gasteiger charge is 2.26. The van der Waals surface area contributed by atoms with Crippen molar-refractivity contribution in [1.29, 1.82) is 0 Å². The van der Waals surface area contributed by atoms with E-state index in [1.807, 2.05) is 25.7 Å². The molecule has 138 valence electrons. The average Bonchev–Trinajstić information content (AvgIpc) is 2.53. The minimum Gasteiger partial charge on any atom is -0.444 e. The molecule has 0 radical (unpaired) electrons. The summed E-state index contributed by atoms with van der Waals surface area (Å²) in [6.07, 6.45) is -0.323. The predicted molar refractivity (Wildman–Crippen MR) is 92.5 cm³/mol. The van der Waals surface area contributed by atoms with Gasteiger partial charge in [0.25, 0.3) is 0 Å². The Morgan fingerprint density at radius 1 is 1.16 bits per heavy atom. The second kappa shape index (κ2) is 8.29. The van der Waals surface area contributed by atoms with Crippen molar-refractivity contribution >= 4 is 12.0 Å². The zero-order valence-electron chi connectivity index (χ0n) is 15.0. The molecule has 0 spiro atoms. The van der Waals surface area contributed by atoms with Crippen molar-refractivity contribution in [3.63, 3.8) is 0 Å². The normalized spacial score (nSPS) is 15.8. The molecule has 0 atom stereocenters. The quantitative estimate of drug-likeness (QED) is 0.901. The molecule has 1 aromatic rings. The first kappa shape index (κ1) is 19.2. The molecular formula is C18H26FN3O3. The summed E-state index contributed by atoms with van der Waals surface area (Å²) < 4.78 is 18.9. The number of amides is 2. The maximum absolute atomic E-state index is 13.5. The molecule has 7 heteroatoms. The van der Waals surface area contributed by atoms with Gasteiger partial charge in [-0.3, -0.25) is 9.69 Å². The highest BCUT2D eigenvalue weighted by molar-refractivity contribution is 5.78. The number of nitrogens with one attached hydrogen (secondary N) is 1. The Kier molecular flexibility index (Phi) is 6.36. The van der Waals surface area contributed by atoms with E-state index in [2.05, 4.69) is 5.32 Å². The molecule has 6 nitrogen and oxygen atoms in total. The molecule has 1 aliphatic heterocycles. The zero-order chi connectivity index (χ0) is 18.4. The van der Waals surface area contributed by atoms with Crippen LogP contribution in [0.4, 0.5) is 9.18 Å². The lowest BCUT2D eigenvalue weighted by molar-refractivity contribution is -0.122. The van der Waals surface area contributed by atoms with Crippen LogP contribution in [0, 0.1) is 5.82 Å². The highest BCUT2D eigenvalue weighted by Crippen LogP contribution is 2.12. The summed E-state index contributed by atoms with van der Waals surface area (Å²) in [6.45, 7) is 8.16. The number of hydrogen-bond donors (Lipinski definition) is 1. The van der Waals surface area contributed by atoms with Gasteiger partial charge in [-0.2, -0.15) is 0 Å². The summed E-state index contributed by atoms with van der Waals surface area (Å²) in [6, 6.07) is 6.37. The van der Waals surface area contributed by atoms with E-state index in [0.717, 1.165) is 0 Å². The summed E-state index contributed by atoms with van der Waals surface area (Å²) in [5.41, 5.74) is -0.0496. The number of ether oxygens (including phenoxy) is 1. The number of piperazine rings is 1. The second-order valence-corrected chi connectivity index (χ2v) is 7.11. The molecule has 1 aromatic carbocycles. The van der Waals surface area contributed by atoms with Gasteiger partial charge in [0, 0.05) is 38.3 Å². The summed E-state index contributed by atoms with van der Waals surface area (Å²) >= 11 is 0. The van der Waals surface area contributed by atoms with Gasteiger partial charge in [-0.05, 0) is 26.8 Å². The molecule has 0 saturated carbocycles. The van der Waals surface area contributed by atoms with Crippen molar-refractivity contribution in [1.82, 2.24) is 15.1 Å². The summed E-state index contributed by atoms with van der Waals surface area (Å²) in [4.78, 5) is 27.6. The van der Waals surface area contributed by atoms with Crippen molar-refractivity contribution in [2.45, 2.75) is 32.9 Å². The minimum atomic E-state index is -0.513. The van der Waals surface area contributed by atoms with Crippen molar-refractivity contribution in [2.75, 3.05) is 32.7 Å². The van der Waals surface area contributed by atoms with Gasteiger partial charge in [0.1, 0.15) is 11.4 Å². The van der Waals surface area contributed by atoms with E-state index >= 15 is 0 Å². The molecule has 2 amide bonds. The van der Waals surface area contributed by atoms with E-state index in [1.165, 1.54) is 6.07 Å². The lowest BCUT2D eigenvalue weighted by atomic mass is 10.2. The molecule has 25 heavy (non-hydrogen) atoms. The lowest BCUT2D eigenvalue weighted by Gasteiger charge is -2.35. The van der Waals surface area contributed by atoms with Crippen LogP contribution in [0.15, 0.2) is 24.3 Å². The topological polar surface area (TPSA) is 61.9 Å². The molecule has 0 aromatic heterocycles. The summed E-state index contributed by atoms with van der Waals surface area (Å²) in [5.74, 6) is -0.484. The Morgan fingerprint density at radius 3 is 2.40 bits per heavy atom. The van der Waals surface area contributed by atoms with Gasteiger partial charge < -0.3 is 15.0 Å². The Labute approximate surface area is 147 Å². The average molecular weight is 351 g/mol. The Morgan fingerprint density at radius 2 is 1.80 bits per heavy atom. The molecule has 0 bridgehead atoms. The van der Waals surface area contributed by atoms with Crippen molar-refractivity contribution in [2.24, 2.45) is 0 Å². The number of benzene rings is 1. The highest BCUT2D eigenvalue weighted by atomic mass is 19.1. The maximum atomic E-state index is 13.5. The standard InChI is InChI=1S/C18H26FN3O3/c1-18(2,3)25-17(24)22-10-8-21(9-11-22)13-16(23)20-12-14-6-4-5-7-15(14)19/h4-7H,8-13H2,1-3H3,(H,20,23). The molecule has 1 aliphatic rings. The predicted octanol–water partition coefficient (Wildman–Crippen LogP) is 1.99. The number of rotatable bonds is 4. The van der Waals surface area contributed by atoms with E-state index in [4.69, 9.17) is 4.74 Å². The van der Waals surface area contributed by atoms with Crippen LogP contribution in [0.3, 0.4) is 0 Å². The van der Waals surface area contributed by atoms with Gasteiger partial charge in [-0.15, -0.1) is 0 Å². The first-order valence-corrected chi connectivity index (χ1v) is 8.45. The summed E-state index contributed by atoms with van der Waals surface area (Å²) in [5, 5.41) is 2.73. The Bertz CT molecular complexity index is 608. The van der Waals surface area contributed by atoms with Gasteiger partial charge in [0.2, 0.25) is 5.91 Å². The first-order valence-electron chi connectivity index (χ1n) is 8.45. The van der Waals surface area contributed by atoms with Crippen LogP contribution in [-0.4, -0.2) is 60.1 Å². The number of carbonyl (C=O) groups excluding carboxylic acids is 2. The molecular weight excluding hydrogens is 325 g/mol. The van der Waals surface area contributed by atoms with Gasteiger partial charge in [-0.1, -0.05) is 18.2 Å². The lowest BCUT2D eigenvalue weighted by Crippen LogP contribution is -2.52. The van der Waals surface area contributed by atoms with E-state index < -0.39 is 5.60 Å². The summed E-state index contributed by atoms with van der Waals surface area (Å²) in [7, 11) is 0. The molecule has 1 N–H and O–H groups in total. The Hall–Kier alpha value is -2.15. The fourth-order valence-corrected chi connectivity index (χ4v) is 2.51. The number of nitrogens with zero attached hydrogens (tertiary/aromatic N) is 2. The third-order valence-electron chi connectivity index (χ3n) is 3.83. The van der Waals surface area contributed by atoms with Crippen LogP contribution >= 0.6 is 0 Å². The number of halogens is 1. The zero-order valence-corrected chi connectivity index (χ0v) is 15.0. The first-order chi connectivity index (χ1) is 11.7. The maximum Gasteiger partial charge on any atom is 0.410 e. The minimum absolute atomic E-state index is 0.158. The number of carbonyl (C=O) groups is 2. The van der Waals surface area contributed by atoms with Crippen LogP contribution in [0.2, 0.25) is 0 Å². The second-order valence-electron chi connectivity index (χ2n) is 7.11. The van der Waals surface area contributed by atoms with Crippen LogP contribution < -0.4 is 5.32 Å². The molecule has 1 saturated heterocycles. The third-order valence-corrected chi connectivity index (χ3v) is 3.83. The fourth-order valence-electron chi connectivity index (χ4n) is 2.51. The molecule has 0 unspecified atom stereocenters. The monoisotopic (exact) mass is 351 g/mol. The smallest absolute Gasteiger partial charge is 0.410 e. The largest absolute Gasteiger partial charge is 0.444 e. The van der Waals surface area contributed by atoms with Gasteiger partial charge in [0.15, 0.2) is 0 Å². The molecule has 2 rings (SSSR count). The molecule has 1 heterocycles. The van der Waals surface area contributed by atoms with Gasteiger partial charge >= 0.3 is 6.09 Å². The van der Waals surface area contributed by atoms with E-state index in [1.54, 1.807) is 23.1 Å². The Balaban J connectivity index is 1.72. The van der Waals surface area contributed by atoms with Crippen molar-refractivity contribution < 1.29 is 18.7 Å². The van der Waals surface area contributed by atoms with Crippen molar-refractivity contribution in [3.05, 3.63) is 35.6 Å².